The first kappa shape index (κ1) is 17.9. The first-order valence-electron chi connectivity index (χ1n) is 9.48. The predicted octanol–water partition coefficient (Wildman–Crippen LogP) is 5.28. The van der Waals surface area contributed by atoms with Crippen LogP contribution in [0.4, 0.5) is 0 Å². The Kier molecular flexibility index (Phi) is 4.83. The largest absolute Gasteiger partial charge is 0.346 e. The van der Waals surface area contributed by atoms with Gasteiger partial charge in [0, 0.05) is 10.9 Å². The summed E-state index contributed by atoms with van der Waals surface area (Å²) in [7, 11) is 0. The monoisotopic (exact) mass is 376 g/mol. The Morgan fingerprint density at radius 3 is 2.70 bits per heavy atom. The minimum Gasteiger partial charge on any atom is -0.346 e. The summed E-state index contributed by atoms with van der Waals surface area (Å²) < 4.78 is 0. The molecule has 0 fully saturated rings. The van der Waals surface area contributed by atoms with E-state index in [1.165, 1.54) is 11.1 Å². The van der Waals surface area contributed by atoms with Gasteiger partial charge in [-0.2, -0.15) is 0 Å². The highest BCUT2D eigenvalue weighted by molar-refractivity contribution is 7.10. The van der Waals surface area contributed by atoms with Crippen molar-refractivity contribution in [1.82, 2.24) is 10.3 Å². The Balaban J connectivity index is 1.53. The molecule has 0 unspecified atom stereocenters. The molecule has 138 valence electrons. The highest BCUT2D eigenvalue weighted by atomic mass is 32.1. The highest BCUT2D eigenvalue weighted by Crippen LogP contribution is 2.38. The molecule has 3 nitrogen and oxygen atoms in total. The number of aromatic nitrogens is 1. The predicted molar refractivity (Wildman–Crippen MR) is 111 cm³/mol. The molecular weight excluding hydrogens is 352 g/mol. The van der Waals surface area contributed by atoms with Gasteiger partial charge >= 0.3 is 0 Å². The van der Waals surface area contributed by atoms with E-state index in [1.54, 1.807) is 11.3 Å². The normalized spacial score (nSPS) is 19.9. The first-order valence-corrected chi connectivity index (χ1v) is 10.4. The van der Waals surface area contributed by atoms with Crippen LogP contribution in [0.3, 0.4) is 0 Å². The molecule has 0 bridgehead atoms. The van der Waals surface area contributed by atoms with E-state index in [1.807, 2.05) is 31.2 Å². The van der Waals surface area contributed by atoms with Gasteiger partial charge in [0.1, 0.15) is 5.01 Å². The zero-order valence-corrected chi connectivity index (χ0v) is 16.6. The van der Waals surface area contributed by atoms with Gasteiger partial charge < -0.3 is 5.32 Å². The van der Waals surface area contributed by atoms with Crippen molar-refractivity contribution in [3.8, 4) is 11.3 Å². The smallest absolute Gasteiger partial charge is 0.230 e. The Morgan fingerprint density at radius 2 is 1.89 bits per heavy atom. The molecule has 3 aromatic rings. The fourth-order valence-electron chi connectivity index (χ4n) is 3.93. The van der Waals surface area contributed by atoms with Crippen molar-refractivity contribution in [2.45, 2.75) is 44.6 Å². The van der Waals surface area contributed by atoms with Crippen LogP contribution in [-0.2, 0) is 16.6 Å². The summed E-state index contributed by atoms with van der Waals surface area (Å²) >= 11 is 1.60. The lowest BCUT2D eigenvalue weighted by atomic mass is 9.70. The molecule has 0 saturated heterocycles. The zero-order chi connectivity index (χ0) is 18.9. The van der Waals surface area contributed by atoms with E-state index in [0.717, 1.165) is 35.5 Å². The van der Waals surface area contributed by atoms with Gasteiger partial charge in [0.2, 0.25) is 5.91 Å². The molecule has 1 amide bonds. The van der Waals surface area contributed by atoms with E-state index >= 15 is 0 Å². The van der Waals surface area contributed by atoms with Crippen molar-refractivity contribution in [2.24, 2.45) is 0 Å². The molecular formula is C23H24N2OS. The van der Waals surface area contributed by atoms with Crippen LogP contribution in [0.5, 0.6) is 0 Å². The first-order chi connectivity index (χ1) is 13.1. The van der Waals surface area contributed by atoms with Crippen molar-refractivity contribution >= 4 is 17.2 Å². The Morgan fingerprint density at radius 1 is 1.15 bits per heavy atom. The third-order valence-electron chi connectivity index (χ3n) is 5.55. The van der Waals surface area contributed by atoms with Gasteiger partial charge in [-0.05, 0) is 44.2 Å². The van der Waals surface area contributed by atoms with Gasteiger partial charge in [-0.3, -0.25) is 4.79 Å². The Bertz CT molecular complexity index is 950. The van der Waals surface area contributed by atoms with Gasteiger partial charge in [-0.25, -0.2) is 4.98 Å². The number of thiazole rings is 1. The number of amides is 1. The van der Waals surface area contributed by atoms with E-state index in [2.05, 4.69) is 48.0 Å². The van der Waals surface area contributed by atoms with Crippen LogP contribution in [0.2, 0.25) is 0 Å². The maximum absolute atomic E-state index is 13.2. The molecule has 4 rings (SSSR count). The number of hydrogen-bond acceptors (Lipinski definition) is 3. The van der Waals surface area contributed by atoms with Crippen molar-refractivity contribution in [1.29, 1.82) is 0 Å². The van der Waals surface area contributed by atoms with E-state index < -0.39 is 5.41 Å². The van der Waals surface area contributed by atoms with Gasteiger partial charge in [0.15, 0.2) is 0 Å². The van der Waals surface area contributed by atoms with E-state index in [9.17, 15) is 4.79 Å². The van der Waals surface area contributed by atoms with Crippen LogP contribution in [-0.4, -0.2) is 10.9 Å². The quantitative estimate of drug-likeness (QED) is 0.673. The van der Waals surface area contributed by atoms with Gasteiger partial charge in [0.05, 0.1) is 17.2 Å². The average molecular weight is 377 g/mol. The van der Waals surface area contributed by atoms with E-state index in [4.69, 9.17) is 4.98 Å². The van der Waals surface area contributed by atoms with Gasteiger partial charge in [-0.15, -0.1) is 11.3 Å². The molecule has 27 heavy (non-hydrogen) atoms. The van der Waals surface area contributed by atoms with Gasteiger partial charge in [0.25, 0.3) is 0 Å². The second kappa shape index (κ2) is 7.28. The molecule has 0 spiro atoms. The topological polar surface area (TPSA) is 42.0 Å². The van der Waals surface area contributed by atoms with E-state index in [-0.39, 0.29) is 11.9 Å². The number of hydrogen-bond donors (Lipinski definition) is 1. The number of benzene rings is 2. The molecule has 2 atom stereocenters. The summed E-state index contributed by atoms with van der Waals surface area (Å²) in [6.45, 7) is 4.09. The van der Waals surface area contributed by atoms with Crippen LogP contribution < -0.4 is 5.32 Å². The number of carbonyl (C=O) groups is 1. The second-order valence-corrected chi connectivity index (χ2v) is 8.36. The van der Waals surface area contributed by atoms with Crippen LogP contribution in [0.1, 0.15) is 48.9 Å². The zero-order valence-electron chi connectivity index (χ0n) is 15.7. The standard InChI is InChI=1S/C23H24N2OS/c1-16(21-25-20(15-27-21)18-10-4-3-5-11-18)24-22(26)23(2)14-8-12-17-9-6-7-13-19(17)23/h3-7,9-11,13,15-16H,8,12,14H2,1-2H3,(H,24,26)/t16-,23-/m1/s1. The Labute approximate surface area is 164 Å². The molecule has 0 radical (unpaired) electrons. The van der Waals surface area contributed by atoms with Crippen molar-refractivity contribution in [3.63, 3.8) is 0 Å². The molecule has 1 aliphatic rings. The molecule has 0 saturated carbocycles. The number of fused-ring (bicyclic) bond motifs is 1. The summed E-state index contributed by atoms with van der Waals surface area (Å²) in [5.74, 6) is 0.0959. The maximum Gasteiger partial charge on any atom is 0.230 e. The van der Waals surface area contributed by atoms with Crippen LogP contribution in [0.15, 0.2) is 60.0 Å². The summed E-state index contributed by atoms with van der Waals surface area (Å²) in [6.07, 6.45) is 2.99. The third kappa shape index (κ3) is 3.42. The number of nitrogens with one attached hydrogen (secondary N) is 1. The number of nitrogens with zero attached hydrogens (tertiary/aromatic N) is 1. The van der Waals surface area contributed by atoms with Crippen LogP contribution >= 0.6 is 11.3 Å². The Hall–Kier alpha value is -2.46. The minimum absolute atomic E-state index is 0.0959. The number of carbonyl (C=O) groups excluding carboxylic acids is 1. The number of aryl methyl sites for hydroxylation is 1. The van der Waals surface area contributed by atoms with Gasteiger partial charge in [-0.1, -0.05) is 54.6 Å². The number of rotatable bonds is 4. The van der Waals surface area contributed by atoms with Crippen molar-refractivity contribution in [2.75, 3.05) is 0 Å². The lowest BCUT2D eigenvalue weighted by Gasteiger charge is -2.35. The molecule has 0 aliphatic heterocycles. The van der Waals surface area contributed by atoms with Crippen LogP contribution in [0.25, 0.3) is 11.3 Å². The van der Waals surface area contributed by atoms with E-state index in [0.29, 0.717) is 0 Å². The maximum atomic E-state index is 13.2. The summed E-state index contributed by atoms with van der Waals surface area (Å²) in [5.41, 5.74) is 4.07. The fourth-order valence-corrected chi connectivity index (χ4v) is 4.76. The average Bonchev–Trinajstić information content (AvgIpc) is 3.19. The van der Waals surface area contributed by atoms with Crippen LogP contribution in [0, 0.1) is 0 Å². The molecule has 1 heterocycles. The third-order valence-corrected chi connectivity index (χ3v) is 6.57. The molecule has 1 aromatic heterocycles. The molecule has 4 heteroatoms. The lowest BCUT2D eigenvalue weighted by molar-refractivity contribution is -0.127. The second-order valence-electron chi connectivity index (χ2n) is 7.47. The lowest BCUT2D eigenvalue weighted by Crippen LogP contribution is -2.45. The summed E-state index contributed by atoms with van der Waals surface area (Å²) in [4.78, 5) is 18.0. The summed E-state index contributed by atoms with van der Waals surface area (Å²) in [5, 5.41) is 6.22. The molecule has 1 aliphatic carbocycles. The molecule has 1 N–H and O–H groups in total. The molecule has 2 aromatic carbocycles. The summed E-state index contributed by atoms with van der Waals surface area (Å²) in [6, 6.07) is 18.4. The highest BCUT2D eigenvalue weighted by Gasteiger charge is 2.39. The van der Waals surface area contributed by atoms with Crippen molar-refractivity contribution in [3.05, 3.63) is 76.1 Å². The minimum atomic E-state index is -0.470. The fraction of sp³-hybridized carbons (Fsp3) is 0.304. The SMILES string of the molecule is C[C@@H](NC(=O)[C@]1(C)CCCc2ccccc21)c1nc(-c2ccccc2)cs1. The van der Waals surface area contributed by atoms with Crippen molar-refractivity contribution < 1.29 is 4.79 Å².